The molecule has 1 amide bonds. The molecule has 1 heterocycles. The second-order valence-corrected chi connectivity index (χ2v) is 5.77. The van der Waals surface area contributed by atoms with Crippen LogP contribution >= 0.6 is 0 Å². The maximum atomic E-state index is 12.6. The van der Waals surface area contributed by atoms with Crippen LogP contribution in [0.2, 0.25) is 0 Å². The Morgan fingerprint density at radius 3 is 2.96 bits per heavy atom. The molecule has 1 saturated heterocycles. The zero-order chi connectivity index (χ0) is 17.4. The molecule has 0 bridgehead atoms. The first kappa shape index (κ1) is 18.4. The molecule has 1 aromatic carbocycles. The van der Waals surface area contributed by atoms with E-state index in [4.69, 9.17) is 4.74 Å². The summed E-state index contributed by atoms with van der Waals surface area (Å²) in [5, 5.41) is 6.01. The van der Waals surface area contributed by atoms with Crippen molar-refractivity contribution in [2.75, 3.05) is 13.2 Å². The lowest BCUT2D eigenvalue weighted by Gasteiger charge is -2.15. The van der Waals surface area contributed by atoms with Gasteiger partial charge in [-0.3, -0.25) is 4.79 Å². The van der Waals surface area contributed by atoms with Crippen molar-refractivity contribution in [3.05, 3.63) is 23.8 Å². The molecule has 7 heteroatoms. The molecule has 0 aliphatic carbocycles. The molecule has 1 fully saturated rings. The van der Waals surface area contributed by atoms with E-state index in [-0.39, 0.29) is 24.2 Å². The van der Waals surface area contributed by atoms with E-state index >= 15 is 0 Å². The number of hydrogen-bond donors (Lipinski definition) is 2. The maximum Gasteiger partial charge on any atom is 0.387 e. The Bertz CT molecular complexity index is 535. The molecule has 24 heavy (non-hydrogen) atoms. The molecule has 0 radical (unpaired) electrons. The Hall–Kier alpha value is -1.89. The monoisotopic (exact) mass is 342 g/mol. The minimum atomic E-state index is -2.93. The van der Waals surface area contributed by atoms with Crippen LogP contribution in [0.4, 0.5) is 8.78 Å². The van der Waals surface area contributed by atoms with E-state index in [2.05, 4.69) is 15.4 Å². The smallest absolute Gasteiger partial charge is 0.387 e. The number of amides is 1. The molecule has 134 valence electrons. The standard InChI is InChI=1S/C17H24F2N2O3/c1-2-8-23-14-6-5-12(15(10-14)24-17(18)19)11-21-16(22)9-13-4-3-7-20-13/h5-6,10,13,17,20H,2-4,7-9,11H2,1H3,(H,21,22). The van der Waals surface area contributed by atoms with Gasteiger partial charge in [-0.1, -0.05) is 6.92 Å². The SMILES string of the molecule is CCCOc1ccc(CNC(=O)CC2CCCN2)c(OC(F)F)c1. The number of hydrogen-bond acceptors (Lipinski definition) is 4. The molecule has 5 nitrogen and oxygen atoms in total. The highest BCUT2D eigenvalue weighted by Crippen LogP contribution is 2.26. The number of carbonyl (C=O) groups is 1. The fraction of sp³-hybridized carbons (Fsp3) is 0.588. The van der Waals surface area contributed by atoms with E-state index in [1.807, 2.05) is 6.92 Å². The fourth-order valence-corrected chi connectivity index (χ4v) is 2.62. The lowest BCUT2D eigenvalue weighted by molar-refractivity contribution is -0.121. The Balaban J connectivity index is 1.94. The Morgan fingerprint density at radius 2 is 2.29 bits per heavy atom. The molecular formula is C17H24F2N2O3. The predicted octanol–water partition coefficient (Wildman–Crippen LogP) is 2.84. The molecule has 1 unspecified atom stereocenters. The van der Waals surface area contributed by atoms with Crippen LogP contribution in [0.15, 0.2) is 18.2 Å². The minimum Gasteiger partial charge on any atom is -0.493 e. The van der Waals surface area contributed by atoms with Gasteiger partial charge in [0.1, 0.15) is 11.5 Å². The molecule has 1 atom stereocenters. The number of carbonyl (C=O) groups excluding carboxylic acids is 1. The summed E-state index contributed by atoms with van der Waals surface area (Å²) in [5.74, 6) is 0.388. The van der Waals surface area contributed by atoms with Crippen molar-refractivity contribution in [1.29, 1.82) is 0 Å². The van der Waals surface area contributed by atoms with Crippen molar-refractivity contribution in [1.82, 2.24) is 10.6 Å². The summed E-state index contributed by atoms with van der Waals surface area (Å²) in [6.45, 7) is 0.604. The van der Waals surface area contributed by atoms with Crippen LogP contribution in [0.1, 0.15) is 38.2 Å². The molecule has 1 aromatic rings. The highest BCUT2D eigenvalue weighted by atomic mass is 19.3. The van der Waals surface area contributed by atoms with Crippen LogP contribution in [0.25, 0.3) is 0 Å². The van der Waals surface area contributed by atoms with E-state index in [1.165, 1.54) is 6.07 Å². The second-order valence-electron chi connectivity index (χ2n) is 5.77. The fourth-order valence-electron chi connectivity index (χ4n) is 2.62. The minimum absolute atomic E-state index is 0.0258. The number of ether oxygens (including phenoxy) is 2. The van der Waals surface area contributed by atoms with E-state index < -0.39 is 6.61 Å². The predicted molar refractivity (Wildman–Crippen MR) is 86.3 cm³/mol. The summed E-state index contributed by atoms with van der Waals surface area (Å²) < 4.78 is 35.2. The van der Waals surface area contributed by atoms with Crippen LogP contribution in [0.5, 0.6) is 11.5 Å². The summed E-state index contributed by atoms with van der Waals surface area (Å²) in [4.78, 5) is 11.9. The summed E-state index contributed by atoms with van der Waals surface area (Å²) in [7, 11) is 0. The molecule has 2 N–H and O–H groups in total. The quantitative estimate of drug-likeness (QED) is 0.724. The van der Waals surface area contributed by atoms with Crippen molar-refractivity contribution in [3.8, 4) is 11.5 Å². The number of alkyl halides is 2. The van der Waals surface area contributed by atoms with Crippen molar-refractivity contribution in [2.24, 2.45) is 0 Å². The first-order chi connectivity index (χ1) is 11.6. The average molecular weight is 342 g/mol. The van der Waals surface area contributed by atoms with Gasteiger partial charge in [-0.05, 0) is 37.9 Å². The van der Waals surface area contributed by atoms with Crippen molar-refractivity contribution in [3.63, 3.8) is 0 Å². The van der Waals surface area contributed by atoms with E-state index in [0.29, 0.717) is 24.3 Å². The Morgan fingerprint density at radius 1 is 1.46 bits per heavy atom. The van der Waals surface area contributed by atoms with Gasteiger partial charge in [-0.2, -0.15) is 8.78 Å². The largest absolute Gasteiger partial charge is 0.493 e. The lowest BCUT2D eigenvalue weighted by atomic mass is 10.1. The lowest BCUT2D eigenvalue weighted by Crippen LogP contribution is -2.31. The molecule has 0 spiro atoms. The summed E-state index contributed by atoms with van der Waals surface area (Å²) in [6, 6.07) is 4.96. The highest BCUT2D eigenvalue weighted by Gasteiger charge is 2.18. The first-order valence-electron chi connectivity index (χ1n) is 8.29. The summed E-state index contributed by atoms with van der Waals surface area (Å²) >= 11 is 0. The van der Waals surface area contributed by atoms with E-state index in [9.17, 15) is 13.6 Å². The van der Waals surface area contributed by atoms with Crippen molar-refractivity contribution < 1.29 is 23.0 Å². The third-order valence-electron chi connectivity index (χ3n) is 3.80. The molecule has 1 aliphatic rings. The van der Waals surface area contributed by atoms with Gasteiger partial charge in [-0.15, -0.1) is 0 Å². The molecule has 0 aromatic heterocycles. The van der Waals surface area contributed by atoms with Crippen LogP contribution in [0.3, 0.4) is 0 Å². The van der Waals surface area contributed by atoms with Crippen LogP contribution in [-0.2, 0) is 11.3 Å². The molecular weight excluding hydrogens is 318 g/mol. The van der Waals surface area contributed by atoms with Gasteiger partial charge in [0.25, 0.3) is 0 Å². The number of nitrogens with one attached hydrogen (secondary N) is 2. The summed E-state index contributed by atoms with van der Waals surface area (Å²) in [5.41, 5.74) is 0.492. The zero-order valence-corrected chi connectivity index (χ0v) is 13.8. The first-order valence-corrected chi connectivity index (χ1v) is 8.29. The van der Waals surface area contributed by atoms with Crippen LogP contribution in [0, 0.1) is 0 Å². The summed E-state index contributed by atoms with van der Waals surface area (Å²) in [6.07, 6.45) is 3.26. The van der Waals surface area contributed by atoms with Crippen molar-refractivity contribution in [2.45, 2.75) is 51.8 Å². The van der Waals surface area contributed by atoms with Gasteiger partial charge >= 0.3 is 6.61 Å². The van der Waals surface area contributed by atoms with Gasteiger partial charge in [0.15, 0.2) is 0 Å². The molecule has 2 rings (SSSR count). The Labute approximate surface area is 140 Å². The van der Waals surface area contributed by atoms with Crippen LogP contribution < -0.4 is 20.1 Å². The van der Waals surface area contributed by atoms with Gasteiger partial charge in [0.05, 0.1) is 6.61 Å². The average Bonchev–Trinajstić information content (AvgIpc) is 3.04. The Kier molecular flexibility index (Phi) is 7.24. The molecule has 0 saturated carbocycles. The van der Waals surface area contributed by atoms with Gasteiger partial charge in [0.2, 0.25) is 5.91 Å². The normalized spacial score (nSPS) is 17.1. The van der Waals surface area contributed by atoms with Crippen LogP contribution in [-0.4, -0.2) is 31.7 Å². The van der Waals surface area contributed by atoms with Gasteiger partial charge in [-0.25, -0.2) is 0 Å². The zero-order valence-electron chi connectivity index (χ0n) is 13.8. The second kappa shape index (κ2) is 9.42. The van der Waals surface area contributed by atoms with E-state index in [0.717, 1.165) is 25.8 Å². The number of halogens is 2. The molecule has 1 aliphatic heterocycles. The highest BCUT2D eigenvalue weighted by molar-refractivity contribution is 5.76. The topological polar surface area (TPSA) is 59.6 Å². The maximum absolute atomic E-state index is 12.6. The number of rotatable bonds is 9. The van der Waals surface area contributed by atoms with Gasteiger partial charge < -0.3 is 20.1 Å². The third-order valence-corrected chi connectivity index (χ3v) is 3.80. The van der Waals surface area contributed by atoms with Crippen molar-refractivity contribution >= 4 is 5.91 Å². The van der Waals surface area contributed by atoms with E-state index in [1.54, 1.807) is 12.1 Å². The number of benzene rings is 1. The third kappa shape index (κ3) is 5.96. The van der Waals surface area contributed by atoms with Gasteiger partial charge in [0, 0.05) is 30.6 Å².